The van der Waals surface area contributed by atoms with Crippen molar-refractivity contribution in [1.82, 2.24) is 10.2 Å². The van der Waals surface area contributed by atoms with Crippen molar-refractivity contribution in [2.45, 2.75) is 19.9 Å². The molecular weight excluding hydrogens is 244 g/mol. The number of carbonyl (C=O) groups is 1. The van der Waals surface area contributed by atoms with Crippen LogP contribution in [0.3, 0.4) is 0 Å². The molecule has 1 aliphatic rings. The van der Waals surface area contributed by atoms with E-state index in [1.807, 2.05) is 24.9 Å². The fourth-order valence-electron chi connectivity index (χ4n) is 1.57. The molecule has 0 aliphatic carbocycles. The van der Waals surface area contributed by atoms with Crippen LogP contribution in [0.15, 0.2) is 6.07 Å². The van der Waals surface area contributed by atoms with Gasteiger partial charge in [0.15, 0.2) is 0 Å². The minimum absolute atomic E-state index is 0. The standard InChI is InChI=1S/C11H16N2OS.ClH/c1-7-4-10(15-8(7)2)11(14)13(3)9-5-12-6-9;/h4,9,12H,5-6H2,1-3H3;1H. The number of thiophene rings is 1. The fraction of sp³-hybridized carbons (Fsp3) is 0.545. The zero-order chi connectivity index (χ0) is 11.0. The predicted molar refractivity (Wildman–Crippen MR) is 69.8 cm³/mol. The van der Waals surface area contributed by atoms with Gasteiger partial charge in [-0.05, 0) is 25.5 Å². The number of likely N-dealkylation sites (N-methyl/N-ethyl adjacent to an activating group) is 1. The largest absolute Gasteiger partial charge is 0.335 e. The van der Waals surface area contributed by atoms with E-state index in [4.69, 9.17) is 0 Å². The molecule has 0 atom stereocenters. The monoisotopic (exact) mass is 260 g/mol. The molecule has 1 amide bonds. The number of halogens is 1. The minimum atomic E-state index is 0. The number of aryl methyl sites for hydroxylation is 2. The van der Waals surface area contributed by atoms with Crippen molar-refractivity contribution in [3.8, 4) is 0 Å². The van der Waals surface area contributed by atoms with E-state index in [9.17, 15) is 4.79 Å². The van der Waals surface area contributed by atoms with Gasteiger partial charge in [0.05, 0.1) is 10.9 Å². The predicted octanol–water partition coefficient (Wildman–Crippen LogP) is 1.83. The van der Waals surface area contributed by atoms with Crippen LogP contribution < -0.4 is 5.32 Å². The van der Waals surface area contributed by atoms with E-state index in [1.54, 1.807) is 11.3 Å². The summed E-state index contributed by atoms with van der Waals surface area (Å²) in [5, 5.41) is 3.17. The van der Waals surface area contributed by atoms with Crippen molar-refractivity contribution in [2.75, 3.05) is 20.1 Å². The van der Waals surface area contributed by atoms with Crippen molar-refractivity contribution in [3.05, 3.63) is 21.4 Å². The number of nitrogens with zero attached hydrogens (tertiary/aromatic N) is 1. The lowest BCUT2D eigenvalue weighted by molar-refractivity contribution is 0.0686. The van der Waals surface area contributed by atoms with Crippen LogP contribution in [0, 0.1) is 13.8 Å². The van der Waals surface area contributed by atoms with Crippen LogP contribution in [0.25, 0.3) is 0 Å². The lowest BCUT2D eigenvalue weighted by Gasteiger charge is -2.35. The third-order valence-corrected chi connectivity index (χ3v) is 4.15. The smallest absolute Gasteiger partial charge is 0.264 e. The van der Waals surface area contributed by atoms with Gasteiger partial charge in [-0.15, -0.1) is 23.7 Å². The summed E-state index contributed by atoms with van der Waals surface area (Å²) in [7, 11) is 1.89. The maximum absolute atomic E-state index is 12.1. The van der Waals surface area contributed by atoms with E-state index in [-0.39, 0.29) is 18.3 Å². The Labute approximate surface area is 106 Å². The molecule has 1 saturated heterocycles. The molecule has 5 heteroatoms. The van der Waals surface area contributed by atoms with Crippen LogP contribution in [-0.4, -0.2) is 37.0 Å². The second kappa shape index (κ2) is 5.17. The Hall–Kier alpha value is -0.580. The van der Waals surface area contributed by atoms with Gasteiger partial charge >= 0.3 is 0 Å². The highest BCUT2D eigenvalue weighted by molar-refractivity contribution is 7.14. The Morgan fingerprint density at radius 2 is 2.12 bits per heavy atom. The van der Waals surface area contributed by atoms with Crippen LogP contribution in [0.2, 0.25) is 0 Å². The highest BCUT2D eigenvalue weighted by Gasteiger charge is 2.26. The second-order valence-electron chi connectivity index (χ2n) is 4.08. The van der Waals surface area contributed by atoms with E-state index >= 15 is 0 Å². The van der Waals surface area contributed by atoms with Crippen molar-refractivity contribution in [1.29, 1.82) is 0 Å². The van der Waals surface area contributed by atoms with Crippen LogP contribution in [0.5, 0.6) is 0 Å². The molecule has 2 heterocycles. The van der Waals surface area contributed by atoms with Crippen molar-refractivity contribution in [3.63, 3.8) is 0 Å². The third-order valence-electron chi connectivity index (χ3n) is 3.00. The molecule has 0 spiro atoms. The van der Waals surface area contributed by atoms with Crippen LogP contribution in [0.1, 0.15) is 20.1 Å². The van der Waals surface area contributed by atoms with E-state index in [2.05, 4.69) is 12.2 Å². The molecule has 1 aromatic rings. The number of amides is 1. The molecule has 90 valence electrons. The number of rotatable bonds is 2. The summed E-state index contributed by atoms with van der Waals surface area (Å²) in [6.45, 7) is 5.95. The van der Waals surface area contributed by atoms with Crippen molar-refractivity contribution in [2.24, 2.45) is 0 Å². The molecule has 2 rings (SSSR count). The molecule has 1 fully saturated rings. The summed E-state index contributed by atoms with van der Waals surface area (Å²) in [6, 6.07) is 2.37. The van der Waals surface area contributed by atoms with Gasteiger partial charge in [-0.25, -0.2) is 0 Å². The first-order valence-corrected chi connectivity index (χ1v) is 5.96. The quantitative estimate of drug-likeness (QED) is 0.880. The molecule has 0 unspecified atom stereocenters. The number of hydrogen-bond donors (Lipinski definition) is 1. The fourth-order valence-corrected chi connectivity index (χ4v) is 2.58. The lowest BCUT2D eigenvalue weighted by Crippen LogP contribution is -2.57. The summed E-state index contributed by atoms with van der Waals surface area (Å²) in [5.41, 5.74) is 1.21. The first-order chi connectivity index (χ1) is 7.09. The van der Waals surface area contributed by atoms with Gasteiger partial charge in [-0.1, -0.05) is 0 Å². The average molecular weight is 261 g/mol. The highest BCUT2D eigenvalue weighted by atomic mass is 35.5. The van der Waals surface area contributed by atoms with Crippen LogP contribution in [-0.2, 0) is 0 Å². The van der Waals surface area contributed by atoms with Crippen LogP contribution >= 0.6 is 23.7 Å². The van der Waals surface area contributed by atoms with Gasteiger partial charge in [0.25, 0.3) is 5.91 Å². The third kappa shape index (κ3) is 2.39. The maximum Gasteiger partial charge on any atom is 0.264 e. The van der Waals surface area contributed by atoms with Gasteiger partial charge in [0, 0.05) is 25.0 Å². The Kier molecular flexibility index (Phi) is 4.35. The van der Waals surface area contributed by atoms with Gasteiger partial charge < -0.3 is 10.2 Å². The molecule has 0 aromatic carbocycles. The molecule has 0 radical (unpaired) electrons. The van der Waals surface area contributed by atoms with Crippen LogP contribution in [0.4, 0.5) is 0 Å². The molecule has 0 saturated carbocycles. The number of nitrogens with one attached hydrogen (secondary N) is 1. The molecule has 1 aromatic heterocycles. The molecule has 16 heavy (non-hydrogen) atoms. The SMILES string of the molecule is Cc1cc(C(=O)N(C)C2CNC2)sc1C.Cl. The molecule has 1 aliphatic heterocycles. The average Bonchev–Trinajstić information content (AvgIpc) is 2.43. The van der Waals surface area contributed by atoms with E-state index in [0.29, 0.717) is 6.04 Å². The van der Waals surface area contributed by atoms with Crippen molar-refractivity contribution >= 4 is 29.7 Å². The van der Waals surface area contributed by atoms with Crippen molar-refractivity contribution < 1.29 is 4.79 Å². The minimum Gasteiger partial charge on any atom is -0.335 e. The summed E-state index contributed by atoms with van der Waals surface area (Å²) >= 11 is 1.59. The summed E-state index contributed by atoms with van der Waals surface area (Å²) < 4.78 is 0. The topological polar surface area (TPSA) is 32.3 Å². The zero-order valence-corrected chi connectivity index (χ0v) is 11.4. The Bertz CT molecular complexity index is 368. The number of carbonyl (C=O) groups excluding carboxylic acids is 1. The summed E-state index contributed by atoms with van der Waals surface area (Å²) in [4.78, 5) is 16.0. The van der Waals surface area contributed by atoms with E-state index in [1.165, 1.54) is 10.4 Å². The highest BCUT2D eigenvalue weighted by Crippen LogP contribution is 2.22. The van der Waals surface area contributed by atoms with Gasteiger partial charge in [0.1, 0.15) is 0 Å². The summed E-state index contributed by atoms with van der Waals surface area (Å²) in [6.07, 6.45) is 0. The second-order valence-corrected chi connectivity index (χ2v) is 5.33. The van der Waals surface area contributed by atoms with Gasteiger partial charge in [0.2, 0.25) is 0 Å². The Balaban J connectivity index is 0.00000128. The lowest BCUT2D eigenvalue weighted by atomic mass is 10.1. The van der Waals surface area contributed by atoms with E-state index < -0.39 is 0 Å². The van der Waals surface area contributed by atoms with Gasteiger partial charge in [-0.3, -0.25) is 4.79 Å². The molecule has 0 bridgehead atoms. The van der Waals surface area contributed by atoms with Gasteiger partial charge in [-0.2, -0.15) is 0 Å². The molecular formula is C11H17ClN2OS. The zero-order valence-electron chi connectivity index (χ0n) is 9.74. The van der Waals surface area contributed by atoms with E-state index in [0.717, 1.165) is 18.0 Å². The molecule has 3 nitrogen and oxygen atoms in total. The Morgan fingerprint density at radius 1 is 1.50 bits per heavy atom. The normalized spacial score (nSPS) is 15.2. The summed E-state index contributed by atoms with van der Waals surface area (Å²) in [5.74, 6) is 0.155. The number of hydrogen-bond acceptors (Lipinski definition) is 3. The molecule has 1 N–H and O–H groups in total. The first-order valence-electron chi connectivity index (χ1n) is 5.14. The maximum atomic E-state index is 12.1. The first kappa shape index (κ1) is 13.5. The Morgan fingerprint density at radius 3 is 2.50 bits per heavy atom.